The SMILES string of the molecule is COc1cc(/C=N/O)ccc1OCc1cccc(F)c1. The Morgan fingerprint density at radius 3 is 2.75 bits per heavy atom. The number of oxime groups is 1. The van der Waals surface area contributed by atoms with Crippen molar-refractivity contribution in [1.82, 2.24) is 0 Å². The van der Waals surface area contributed by atoms with Crippen molar-refractivity contribution in [2.45, 2.75) is 6.61 Å². The van der Waals surface area contributed by atoms with Gasteiger partial charge in [-0.2, -0.15) is 0 Å². The molecule has 0 radical (unpaired) electrons. The molecule has 2 rings (SSSR count). The molecule has 2 aromatic carbocycles. The molecule has 0 saturated carbocycles. The molecule has 0 heterocycles. The third-order valence-electron chi connectivity index (χ3n) is 2.68. The summed E-state index contributed by atoms with van der Waals surface area (Å²) in [6.45, 7) is 0.238. The van der Waals surface area contributed by atoms with Gasteiger partial charge < -0.3 is 14.7 Å². The van der Waals surface area contributed by atoms with Gasteiger partial charge in [-0.25, -0.2) is 4.39 Å². The molecule has 2 aromatic rings. The molecule has 0 spiro atoms. The van der Waals surface area contributed by atoms with Crippen molar-refractivity contribution in [2.75, 3.05) is 7.11 Å². The lowest BCUT2D eigenvalue weighted by atomic mass is 10.2. The Bertz CT molecular complexity index is 614. The van der Waals surface area contributed by atoms with E-state index in [0.717, 1.165) is 5.56 Å². The topological polar surface area (TPSA) is 51.0 Å². The first-order valence-electron chi connectivity index (χ1n) is 5.95. The minimum atomic E-state index is -0.299. The first-order valence-corrected chi connectivity index (χ1v) is 5.95. The molecule has 5 heteroatoms. The summed E-state index contributed by atoms with van der Waals surface area (Å²) in [7, 11) is 1.52. The largest absolute Gasteiger partial charge is 0.493 e. The fraction of sp³-hybridized carbons (Fsp3) is 0.133. The lowest BCUT2D eigenvalue weighted by Gasteiger charge is -2.11. The second-order valence-electron chi connectivity index (χ2n) is 4.07. The molecule has 0 saturated heterocycles. The average molecular weight is 275 g/mol. The molecule has 0 aliphatic rings. The highest BCUT2D eigenvalue weighted by Gasteiger charge is 2.06. The summed E-state index contributed by atoms with van der Waals surface area (Å²) in [6.07, 6.45) is 1.29. The van der Waals surface area contributed by atoms with Gasteiger partial charge in [0.25, 0.3) is 0 Å². The van der Waals surface area contributed by atoms with Crippen LogP contribution in [0.3, 0.4) is 0 Å². The van der Waals surface area contributed by atoms with Crippen LogP contribution in [0.15, 0.2) is 47.6 Å². The zero-order chi connectivity index (χ0) is 14.4. The van der Waals surface area contributed by atoms with Crippen LogP contribution < -0.4 is 9.47 Å². The van der Waals surface area contributed by atoms with Crippen LogP contribution in [0.25, 0.3) is 0 Å². The maximum absolute atomic E-state index is 13.1. The highest BCUT2D eigenvalue weighted by atomic mass is 19.1. The Kier molecular flexibility index (Phi) is 4.55. The van der Waals surface area contributed by atoms with E-state index in [4.69, 9.17) is 14.7 Å². The summed E-state index contributed by atoms with van der Waals surface area (Å²) >= 11 is 0. The lowest BCUT2D eigenvalue weighted by Crippen LogP contribution is -1.98. The first kappa shape index (κ1) is 13.9. The predicted molar refractivity (Wildman–Crippen MR) is 73.1 cm³/mol. The highest BCUT2D eigenvalue weighted by molar-refractivity contribution is 5.80. The molecule has 0 atom stereocenters. The Hall–Kier alpha value is -2.56. The smallest absolute Gasteiger partial charge is 0.161 e. The number of ether oxygens (including phenoxy) is 2. The molecule has 20 heavy (non-hydrogen) atoms. The second kappa shape index (κ2) is 6.56. The first-order chi connectivity index (χ1) is 9.72. The van der Waals surface area contributed by atoms with Crippen LogP contribution in [-0.4, -0.2) is 18.5 Å². The van der Waals surface area contributed by atoms with E-state index in [1.54, 1.807) is 30.3 Å². The average Bonchev–Trinajstić information content (AvgIpc) is 2.46. The number of halogens is 1. The summed E-state index contributed by atoms with van der Waals surface area (Å²) < 4.78 is 23.9. The number of benzene rings is 2. The number of hydrogen-bond acceptors (Lipinski definition) is 4. The molecule has 0 fully saturated rings. The van der Waals surface area contributed by atoms with Crippen LogP contribution in [0.2, 0.25) is 0 Å². The van der Waals surface area contributed by atoms with E-state index < -0.39 is 0 Å². The van der Waals surface area contributed by atoms with Crippen LogP contribution in [-0.2, 0) is 6.61 Å². The molecule has 0 unspecified atom stereocenters. The molecular formula is C15H14FNO3. The molecule has 104 valence electrons. The summed E-state index contributed by atoms with van der Waals surface area (Å²) in [5.41, 5.74) is 1.41. The van der Waals surface area contributed by atoms with Gasteiger partial charge in [0.2, 0.25) is 0 Å². The van der Waals surface area contributed by atoms with Gasteiger partial charge in [-0.15, -0.1) is 0 Å². The fourth-order valence-corrected chi connectivity index (χ4v) is 1.74. The standard InChI is InChI=1S/C15H14FNO3/c1-19-15-8-11(9-17-18)5-6-14(15)20-10-12-3-2-4-13(16)7-12/h2-9,18H,10H2,1H3/b17-9+. The molecule has 0 aliphatic heterocycles. The predicted octanol–water partition coefficient (Wildman–Crippen LogP) is 3.22. The number of nitrogens with zero attached hydrogens (tertiary/aromatic N) is 1. The van der Waals surface area contributed by atoms with Crippen molar-refractivity contribution in [3.05, 3.63) is 59.4 Å². The van der Waals surface area contributed by atoms with Gasteiger partial charge in [-0.05, 0) is 35.9 Å². The van der Waals surface area contributed by atoms with E-state index in [2.05, 4.69) is 5.16 Å². The molecule has 4 nitrogen and oxygen atoms in total. The lowest BCUT2D eigenvalue weighted by molar-refractivity contribution is 0.284. The van der Waals surface area contributed by atoms with Crippen LogP contribution in [0.1, 0.15) is 11.1 Å². The van der Waals surface area contributed by atoms with Gasteiger partial charge >= 0.3 is 0 Å². The van der Waals surface area contributed by atoms with Gasteiger partial charge in [0.1, 0.15) is 12.4 Å². The normalized spacial score (nSPS) is 10.7. The maximum atomic E-state index is 13.1. The monoisotopic (exact) mass is 275 g/mol. The Morgan fingerprint density at radius 1 is 1.20 bits per heavy atom. The van der Waals surface area contributed by atoms with E-state index >= 15 is 0 Å². The maximum Gasteiger partial charge on any atom is 0.161 e. The molecular weight excluding hydrogens is 261 g/mol. The highest BCUT2D eigenvalue weighted by Crippen LogP contribution is 2.28. The van der Waals surface area contributed by atoms with Gasteiger partial charge in [-0.1, -0.05) is 17.3 Å². The van der Waals surface area contributed by atoms with Crippen molar-refractivity contribution in [1.29, 1.82) is 0 Å². The summed E-state index contributed by atoms with van der Waals surface area (Å²) in [4.78, 5) is 0. The van der Waals surface area contributed by atoms with Crippen molar-refractivity contribution in [3.8, 4) is 11.5 Å². The van der Waals surface area contributed by atoms with Crippen LogP contribution in [0.4, 0.5) is 4.39 Å². The quantitative estimate of drug-likeness (QED) is 0.518. The fourth-order valence-electron chi connectivity index (χ4n) is 1.74. The molecule has 0 aromatic heterocycles. The Balaban J connectivity index is 2.13. The number of rotatable bonds is 5. The van der Waals surface area contributed by atoms with Crippen molar-refractivity contribution in [3.63, 3.8) is 0 Å². The van der Waals surface area contributed by atoms with E-state index in [0.29, 0.717) is 17.1 Å². The van der Waals surface area contributed by atoms with Crippen LogP contribution >= 0.6 is 0 Å². The Morgan fingerprint density at radius 2 is 2.05 bits per heavy atom. The van der Waals surface area contributed by atoms with E-state index in [1.165, 1.54) is 25.5 Å². The van der Waals surface area contributed by atoms with Crippen molar-refractivity contribution < 1.29 is 19.1 Å². The second-order valence-corrected chi connectivity index (χ2v) is 4.07. The third-order valence-corrected chi connectivity index (χ3v) is 2.68. The molecule has 0 amide bonds. The van der Waals surface area contributed by atoms with Gasteiger partial charge in [0.05, 0.1) is 13.3 Å². The van der Waals surface area contributed by atoms with Crippen molar-refractivity contribution in [2.24, 2.45) is 5.16 Å². The van der Waals surface area contributed by atoms with Gasteiger partial charge in [0, 0.05) is 5.56 Å². The summed E-state index contributed by atoms with van der Waals surface area (Å²) in [5, 5.41) is 11.4. The number of methoxy groups -OCH3 is 1. The van der Waals surface area contributed by atoms with Crippen LogP contribution in [0.5, 0.6) is 11.5 Å². The summed E-state index contributed by atoms with van der Waals surface area (Å²) in [5.74, 6) is 0.748. The van der Waals surface area contributed by atoms with Gasteiger partial charge in [0.15, 0.2) is 11.5 Å². The zero-order valence-corrected chi connectivity index (χ0v) is 10.9. The van der Waals surface area contributed by atoms with Gasteiger partial charge in [-0.3, -0.25) is 0 Å². The minimum Gasteiger partial charge on any atom is -0.493 e. The number of hydrogen-bond donors (Lipinski definition) is 1. The van der Waals surface area contributed by atoms with Crippen LogP contribution in [0, 0.1) is 5.82 Å². The van der Waals surface area contributed by atoms with E-state index in [-0.39, 0.29) is 12.4 Å². The third kappa shape index (κ3) is 3.47. The van der Waals surface area contributed by atoms with E-state index in [9.17, 15) is 4.39 Å². The molecule has 0 bridgehead atoms. The summed E-state index contributed by atoms with van der Waals surface area (Å²) in [6, 6.07) is 11.3. The van der Waals surface area contributed by atoms with Crippen molar-refractivity contribution >= 4 is 6.21 Å². The minimum absolute atomic E-state index is 0.238. The van der Waals surface area contributed by atoms with E-state index in [1.807, 2.05) is 0 Å². The zero-order valence-electron chi connectivity index (χ0n) is 10.9. The molecule has 0 aliphatic carbocycles. The Labute approximate surface area is 116 Å². The molecule has 1 N–H and O–H groups in total.